The molecule has 1 aromatic rings. The lowest BCUT2D eigenvalue weighted by molar-refractivity contribution is -0.150. The quantitative estimate of drug-likeness (QED) is 0.270. The first-order valence-corrected chi connectivity index (χ1v) is 10.0. The van der Waals surface area contributed by atoms with E-state index < -0.39 is 6.10 Å². The molecule has 0 aromatic heterocycles. The van der Waals surface area contributed by atoms with Gasteiger partial charge in [-0.3, -0.25) is 4.79 Å². The van der Waals surface area contributed by atoms with E-state index in [-0.39, 0.29) is 29.7 Å². The van der Waals surface area contributed by atoms with E-state index in [9.17, 15) is 15.2 Å². The number of hydrogen-bond acceptors (Lipinski definition) is 8. The fourth-order valence-corrected chi connectivity index (χ4v) is 3.39. The molecule has 0 heterocycles. The number of carbonyl (C=O) groups excluding carboxylic acids is 1. The van der Waals surface area contributed by atoms with E-state index in [1.165, 1.54) is 26.4 Å². The molecule has 1 aliphatic rings. The predicted molar refractivity (Wildman–Crippen MR) is 118 cm³/mol. The van der Waals surface area contributed by atoms with Crippen LogP contribution in [0, 0.1) is 5.92 Å². The van der Waals surface area contributed by atoms with Gasteiger partial charge in [0.1, 0.15) is 29.0 Å². The molecule has 0 aliphatic heterocycles. The molecule has 0 saturated heterocycles. The number of allylic oxidation sites excluding steroid dienone is 3. The standard InChI is InChI=1S/C23H30N2O6/c1-13(2)7-10-18(31-20(26)11-14(3)4)15-12-19(29-5)21-16(24-27)8-9-17(25-28)22(21)23(15)30-6/h7-9,12,14,18,27-28H,10-11H2,1-6H3/t18-/m0/s1. The molecular formula is C23H30N2O6. The van der Waals surface area contributed by atoms with Gasteiger partial charge in [0.15, 0.2) is 0 Å². The summed E-state index contributed by atoms with van der Waals surface area (Å²) >= 11 is 0. The summed E-state index contributed by atoms with van der Waals surface area (Å²) in [4.78, 5) is 12.5. The highest BCUT2D eigenvalue weighted by molar-refractivity contribution is 6.27. The minimum atomic E-state index is -0.657. The zero-order valence-electron chi connectivity index (χ0n) is 18.8. The number of methoxy groups -OCH3 is 2. The van der Waals surface area contributed by atoms with Gasteiger partial charge in [-0.2, -0.15) is 0 Å². The van der Waals surface area contributed by atoms with Gasteiger partial charge in [0.25, 0.3) is 0 Å². The molecule has 0 amide bonds. The Hall–Kier alpha value is -3.29. The number of rotatable bonds is 8. The first kappa shape index (κ1) is 24.0. The van der Waals surface area contributed by atoms with Gasteiger partial charge in [-0.25, -0.2) is 0 Å². The average molecular weight is 431 g/mol. The maximum atomic E-state index is 12.5. The van der Waals surface area contributed by atoms with Crippen molar-refractivity contribution in [3.63, 3.8) is 0 Å². The highest BCUT2D eigenvalue weighted by Crippen LogP contribution is 2.42. The Labute approximate surface area is 182 Å². The number of benzene rings is 1. The highest BCUT2D eigenvalue weighted by Gasteiger charge is 2.32. The maximum absolute atomic E-state index is 12.5. The van der Waals surface area contributed by atoms with Gasteiger partial charge in [0, 0.05) is 18.4 Å². The van der Waals surface area contributed by atoms with Crippen LogP contribution in [0.5, 0.6) is 11.5 Å². The lowest BCUT2D eigenvalue weighted by Gasteiger charge is -2.26. The number of hydrogen-bond donors (Lipinski definition) is 2. The van der Waals surface area contributed by atoms with Crippen LogP contribution in [0.3, 0.4) is 0 Å². The van der Waals surface area contributed by atoms with E-state index in [0.717, 1.165) is 5.57 Å². The van der Waals surface area contributed by atoms with Crippen LogP contribution < -0.4 is 9.47 Å². The molecule has 0 saturated carbocycles. The van der Waals surface area contributed by atoms with E-state index in [4.69, 9.17) is 14.2 Å². The Morgan fingerprint density at radius 1 is 1.06 bits per heavy atom. The van der Waals surface area contributed by atoms with E-state index in [0.29, 0.717) is 34.6 Å². The summed E-state index contributed by atoms with van der Waals surface area (Å²) in [5.41, 5.74) is 2.85. The molecule has 31 heavy (non-hydrogen) atoms. The molecule has 8 nitrogen and oxygen atoms in total. The second kappa shape index (κ2) is 10.7. The van der Waals surface area contributed by atoms with Crippen molar-refractivity contribution in [1.29, 1.82) is 0 Å². The van der Waals surface area contributed by atoms with Gasteiger partial charge in [-0.05, 0) is 38.0 Å². The third-order valence-electron chi connectivity index (χ3n) is 4.76. The largest absolute Gasteiger partial charge is 0.496 e. The average Bonchev–Trinajstić information content (AvgIpc) is 2.73. The highest BCUT2D eigenvalue weighted by atomic mass is 16.5. The fraction of sp³-hybridized carbons (Fsp3) is 0.435. The Balaban J connectivity index is 2.74. The van der Waals surface area contributed by atoms with Crippen molar-refractivity contribution >= 4 is 17.4 Å². The van der Waals surface area contributed by atoms with Crippen LogP contribution >= 0.6 is 0 Å². The monoisotopic (exact) mass is 430 g/mol. The molecule has 1 aliphatic carbocycles. The summed E-state index contributed by atoms with van der Waals surface area (Å²) < 4.78 is 17.1. The van der Waals surface area contributed by atoms with Crippen molar-refractivity contribution in [2.24, 2.45) is 16.2 Å². The first-order valence-electron chi connectivity index (χ1n) is 10.0. The van der Waals surface area contributed by atoms with Gasteiger partial charge < -0.3 is 24.6 Å². The number of fused-ring (bicyclic) bond motifs is 1. The smallest absolute Gasteiger partial charge is 0.306 e. The lowest BCUT2D eigenvalue weighted by atomic mass is 9.88. The molecule has 168 valence electrons. The topological polar surface area (TPSA) is 110 Å². The first-order chi connectivity index (χ1) is 14.8. The SMILES string of the molecule is COc1cc([C@H](CC=C(C)C)OC(=O)CC(C)C)c(OC)c2c1C(=NO)C=CC2=NO. The van der Waals surface area contributed by atoms with Gasteiger partial charge >= 0.3 is 5.97 Å². The fourth-order valence-electron chi connectivity index (χ4n) is 3.39. The summed E-state index contributed by atoms with van der Waals surface area (Å²) in [7, 11) is 2.95. The second-order valence-corrected chi connectivity index (χ2v) is 7.85. The van der Waals surface area contributed by atoms with Crippen LogP contribution in [0.1, 0.15) is 63.3 Å². The van der Waals surface area contributed by atoms with E-state index >= 15 is 0 Å². The Kier molecular flexibility index (Phi) is 8.24. The molecule has 0 fully saturated rings. The zero-order valence-corrected chi connectivity index (χ0v) is 18.8. The van der Waals surface area contributed by atoms with Crippen LogP contribution in [0.25, 0.3) is 0 Å². The van der Waals surface area contributed by atoms with Crippen LogP contribution in [0.15, 0.2) is 40.2 Å². The number of ether oxygens (including phenoxy) is 3. The number of esters is 1. The minimum Gasteiger partial charge on any atom is -0.496 e. The van der Waals surface area contributed by atoms with Crippen molar-refractivity contribution in [2.75, 3.05) is 14.2 Å². The molecule has 2 rings (SSSR count). The Morgan fingerprint density at radius 2 is 1.68 bits per heavy atom. The van der Waals surface area contributed by atoms with Crippen molar-refractivity contribution < 1.29 is 29.4 Å². The van der Waals surface area contributed by atoms with Crippen LogP contribution in [0.4, 0.5) is 0 Å². The van der Waals surface area contributed by atoms with Crippen LogP contribution in [-0.4, -0.2) is 42.0 Å². The molecule has 0 radical (unpaired) electrons. The van der Waals surface area contributed by atoms with Gasteiger partial charge in [-0.1, -0.05) is 35.8 Å². The van der Waals surface area contributed by atoms with E-state index in [1.54, 1.807) is 6.07 Å². The van der Waals surface area contributed by atoms with Gasteiger partial charge in [0.05, 0.1) is 25.3 Å². The van der Waals surface area contributed by atoms with Crippen LogP contribution in [0.2, 0.25) is 0 Å². The molecular weight excluding hydrogens is 400 g/mol. The van der Waals surface area contributed by atoms with Crippen LogP contribution in [-0.2, 0) is 9.53 Å². The summed E-state index contributed by atoms with van der Waals surface area (Å²) in [5, 5.41) is 25.7. The van der Waals surface area contributed by atoms with Gasteiger partial charge in [-0.15, -0.1) is 0 Å². The minimum absolute atomic E-state index is 0.151. The van der Waals surface area contributed by atoms with Crippen molar-refractivity contribution in [2.45, 2.75) is 46.6 Å². The Bertz CT molecular complexity index is 940. The summed E-state index contributed by atoms with van der Waals surface area (Å²) in [6.07, 6.45) is 5.02. The molecule has 1 aromatic carbocycles. The molecule has 0 spiro atoms. The van der Waals surface area contributed by atoms with E-state index in [2.05, 4.69) is 10.3 Å². The van der Waals surface area contributed by atoms with Crippen molar-refractivity contribution in [1.82, 2.24) is 0 Å². The maximum Gasteiger partial charge on any atom is 0.306 e. The normalized spacial score (nSPS) is 16.2. The van der Waals surface area contributed by atoms with Crippen molar-refractivity contribution in [3.05, 3.63) is 46.6 Å². The zero-order chi connectivity index (χ0) is 23.1. The number of nitrogens with zero attached hydrogens (tertiary/aromatic N) is 2. The molecule has 0 unspecified atom stereocenters. The summed E-state index contributed by atoms with van der Waals surface area (Å²) in [6.45, 7) is 7.81. The molecule has 1 atom stereocenters. The third-order valence-corrected chi connectivity index (χ3v) is 4.76. The summed E-state index contributed by atoms with van der Waals surface area (Å²) in [6, 6.07) is 1.70. The second-order valence-electron chi connectivity index (χ2n) is 7.85. The molecule has 0 bridgehead atoms. The lowest BCUT2D eigenvalue weighted by Crippen LogP contribution is -2.20. The molecule has 8 heteroatoms. The van der Waals surface area contributed by atoms with Crippen molar-refractivity contribution in [3.8, 4) is 11.5 Å². The molecule has 2 N–H and O–H groups in total. The predicted octanol–water partition coefficient (Wildman–Crippen LogP) is 4.62. The third kappa shape index (κ3) is 5.45. The Morgan fingerprint density at radius 3 is 2.16 bits per heavy atom. The number of carbonyl (C=O) groups is 1. The van der Waals surface area contributed by atoms with E-state index in [1.807, 2.05) is 33.8 Å². The summed E-state index contributed by atoms with van der Waals surface area (Å²) in [5.74, 6) is 0.539. The number of oxime groups is 2. The van der Waals surface area contributed by atoms with Gasteiger partial charge in [0.2, 0.25) is 0 Å².